The van der Waals surface area contributed by atoms with Gasteiger partial charge < -0.3 is 11.1 Å². The fraction of sp³-hybridized carbons (Fsp3) is 0.200. The molecular weight excluding hydrogens is 263 g/mol. The Labute approximate surface area is 117 Å². The third kappa shape index (κ3) is 3.46. The molecule has 2 aromatic carbocycles. The fourth-order valence-electron chi connectivity index (χ4n) is 1.86. The summed E-state index contributed by atoms with van der Waals surface area (Å²) in [5.74, 6) is -0.252. The van der Waals surface area contributed by atoms with Crippen LogP contribution in [0.1, 0.15) is 17.2 Å². The van der Waals surface area contributed by atoms with Crippen molar-refractivity contribution >= 4 is 17.3 Å². The van der Waals surface area contributed by atoms with Crippen LogP contribution in [0.2, 0.25) is 5.02 Å². The monoisotopic (exact) mass is 278 g/mol. The molecule has 0 fully saturated rings. The number of nitrogens with one attached hydrogen (secondary N) is 1. The number of anilines is 1. The van der Waals surface area contributed by atoms with Crippen molar-refractivity contribution in [2.45, 2.75) is 13.0 Å². The van der Waals surface area contributed by atoms with Crippen molar-refractivity contribution in [3.8, 4) is 0 Å². The van der Waals surface area contributed by atoms with Crippen molar-refractivity contribution in [2.75, 3.05) is 11.9 Å². The quantitative estimate of drug-likeness (QED) is 0.890. The maximum absolute atomic E-state index is 12.9. The van der Waals surface area contributed by atoms with Gasteiger partial charge in [0.05, 0.1) is 6.04 Å². The van der Waals surface area contributed by atoms with E-state index < -0.39 is 0 Å². The van der Waals surface area contributed by atoms with E-state index in [2.05, 4.69) is 5.32 Å². The van der Waals surface area contributed by atoms with E-state index in [-0.39, 0.29) is 11.9 Å². The Kier molecular flexibility index (Phi) is 4.40. The van der Waals surface area contributed by atoms with E-state index in [0.717, 1.165) is 16.8 Å². The lowest BCUT2D eigenvalue weighted by Gasteiger charge is -2.19. The summed E-state index contributed by atoms with van der Waals surface area (Å²) in [6.45, 7) is 2.36. The van der Waals surface area contributed by atoms with E-state index >= 15 is 0 Å². The van der Waals surface area contributed by atoms with Gasteiger partial charge in [-0.2, -0.15) is 0 Å². The summed E-state index contributed by atoms with van der Waals surface area (Å²) in [4.78, 5) is 0. The number of hydrogen-bond acceptors (Lipinski definition) is 2. The normalized spacial score (nSPS) is 12.2. The lowest BCUT2D eigenvalue weighted by molar-refractivity contribution is 0.626. The van der Waals surface area contributed by atoms with Crippen molar-refractivity contribution in [1.82, 2.24) is 0 Å². The molecule has 0 heterocycles. The first kappa shape index (κ1) is 13.8. The van der Waals surface area contributed by atoms with Gasteiger partial charge in [-0.3, -0.25) is 0 Å². The van der Waals surface area contributed by atoms with Crippen LogP contribution in [0.25, 0.3) is 0 Å². The number of hydrogen-bond donors (Lipinski definition) is 2. The topological polar surface area (TPSA) is 38.0 Å². The summed E-state index contributed by atoms with van der Waals surface area (Å²) in [6.07, 6.45) is 0. The molecule has 3 N–H and O–H groups in total. The molecule has 0 saturated carbocycles. The Morgan fingerprint density at radius 1 is 1.21 bits per heavy atom. The number of benzene rings is 2. The van der Waals surface area contributed by atoms with Crippen molar-refractivity contribution in [1.29, 1.82) is 0 Å². The van der Waals surface area contributed by atoms with Gasteiger partial charge in [-0.15, -0.1) is 0 Å². The highest BCUT2D eigenvalue weighted by Gasteiger charge is 2.10. The predicted molar refractivity (Wildman–Crippen MR) is 78.0 cm³/mol. The molecule has 19 heavy (non-hydrogen) atoms. The van der Waals surface area contributed by atoms with E-state index in [4.69, 9.17) is 17.3 Å². The molecule has 0 aromatic heterocycles. The number of aryl methyl sites for hydroxylation is 1. The molecule has 0 aliphatic rings. The second-order valence-electron chi connectivity index (χ2n) is 4.45. The van der Waals surface area contributed by atoms with Gasteiger partial charge >= 0.3 is 0 Å². The summed E-state index contributed by atoms with van der Waals surface area (Å²) in [7, 11) is 0. The number of nitrogens with two attached hydrogens (primary N) is 1. The number of rotatable bonds is 4. The van der Waals surface area contributed by atoms with Gasteiger partial charge in [-0.05, 0) is 42.3 Å². The van der Waals surface area contributed by atoms with E-state index in [1.165, 1.54) is 12.1 Å². The first-order valence-corrected chi connectivity index (χ1v) is 6.46. The van der Waals surface area contributed by atoms with Crippen molar-refractivity contribution < 1.29 is 4.39 Å². The smallest absolute Gasteiger partial charge is 0.123 e. The lowest BCUT2D eigenvalue weighted by atomic mass is 10.1. The molecule has 0 radical (unpaired) electrons. The maximum atomic E-state index is 12.9. The zero-order valence-corrected chi connectivity index (χ0v) is 11.4. The van der Waals surface area contributed by atoms with Crippen LogP contribution in [0.15, 0.2) is 42.5 Å². The van der Waals surface area contributed by atoms with Gasteiger partial charge in [-0.25, -0.2) is 4.39 Å². The molecule has 0 amide bonds. The highest BCUT2D eigenvalue weighted by atomic mass is 35.5. The van der Waals surface area contributed by atoms with E-state index in [9.17, 15) is 4.39 Å². The summed E-state index contributed by atoms with van der Waals surface area (Å²) >= 11 is 6.09. The van der Waals surface area contributed by atoms with Crippen molar-refractivity contribution in [2.24, 2.45) is 5.73 Å². The van der Waals surface area contributed by atoms with E-state index in [0.29, 0.717) is 11.6 Å². The van der Waals surface area contributed by atoms with Gasteiger partial charge in [0.1, 0.15) is 5.82 Å². The second-order valence-corrected chi connectivity index (χ2v) is 4.86. The molecule has 0 saturated heterocycles. The third-order valence-corrected chi connectivity index (χ3v) is 3.43. The highest BCUT2D eigenvalue weighted by Crippen LogP contribution is 2.24. The largest absolute Gasteiger partial charge is 0.377 e. The van der Waals surface area contributed by atoms with Crippen LogP contribution < -0.4 is 11.1 Å². The predicted octanol–water partition coefficient (Wildman–Crippen LogP) is 3.90. The minimum atomic E-state index is -0.252. The first-order chi connectivity index (χ1) is 9.10. The average molecular weight is 279 g/mol. The molecule has 2 rings (SSSR count). The zero-order chi connectivity index (χ0) is 13.8. The first-order valence-electron chi connectivity index (χ1n) is 6.08. The molecule has 100 valence electrons. The van der Waals surface area contributed by atoms with Crippen LogP contribution in [-0.4, -0.2) is 6.54 Å². The SMILES string of the molecule is Cc1ccc(NC(CN)c2ccc(F)cc2)cc1Cl. The molecule has 0 aliphatic heterocycles. The van der Waals surface area contributed by atoms with Gasteiger partial charge in [0, 0.05) is 17.3 Å². The Morgan fingerprint density at radius 3 is 2.47 bits per heavy atom. The van der Waals surface area contributed by atoms with Gasteiger partial charge in [-0.1, -0.05) is 29.8 Å². The van der Waals surface area contributed by atoms with Crippen molar-refractivity contribution in [3.05, 3.63) is 64.4 Å². The summed E-state index contributed by atoms with van der Waals surface area (Å²) in [5.41, 5.74) is 8.64. The summed E-state index contributed by atoms with van der Waals surface area (Å²) in [6, 6.07) is 12.0. The zero-order valence-electron chi connectivity index (χ0n) is 10.7. The highest BCUT2D eigenvalue weighted by molar-refractivity contribution is 6.31. The maximum Gasteiger partial charge on any atom is 0.123 e. The minimum absolute atomic E-state index is 0.0700. The number of halogens is 2. The minimum Gasteiger partial charge on any atom is -0.377 e. The van der Waals surface area contributed by atoms with E-state index in [1.54, 1.807) is 12.1 Å². The third-order valence-electron chi connectivity index (χ3n) is 3.02. The van der Waals surface area contributed by atoms with Gasteiger partial charge in [0.15, 0.2) is 0 Å². The molecule has 4 heteroatoms. The van der Waals surface area contributed by atoms with Crippen LogP contribution in [-0.2, 0) is 0 Å². The second kappa shape index (κ2) is 6.04. The van der Waals surface area contributed by atoms with Crippen molar-refractivity contribution in [3.63, 3.8) is 0 Å². The molecular formula is C15H16ClFN2. The van der Waals surface area contributed by atoms with Crippen LogP contribution >= 0.6 is 11.6 Å². The summed E-state index contributed by atoms with van der Waals surface area (Å²) < 4.78 is 12.9. The standard InChI is InChI=1S/C15H16ClFN2/c1-10-2-7-13(8-14(10)16)19-15(9-18)11-3-5-12(17)6-4-11/h2-8,15,19H,9,18H2,1H3. The molecule has 0 bridgehead atoms. The average Bonchev–Trinajstić information content (AvgIpc) is 2.41. The van der Waals surface area contributed by atoms with Crippen LogP contribution in [0.5, 0.6) is 0 Å². The Hall–Kier alpha value is -1.58. The Balaban J connectivity index is 2.18. The molecule has 2 aromatic rings. The molecule has 1 unspecified atom stereocenters. The fourth-order valence-corrected chi connectivity index (χ4v) is 2.04. The molecule has 2 nitrogen and oxygen atoms in total. The van der Waals surface area contributed by atoms with Crippen LogP contribution in [0.4, 0.5) is 10.1 Å². The van der Waals surface area contributed by atoms with Gasteiger partial charge in [0.2, 0.25) is 0 Å². The summed E-state index contributed by atoms with van der Waals surface area (Å²) in [5, 5.41) is 4.01. The molecule has 0 spiro atoms. The Bertz CT molecular complexity index is 555. The van der Waals surface area contributed by atoms with Crippen LogP contribution in [0.3, 0.4) is 0 Å². The van der Waals surface area contributed by atoms with E-state index in [1.807, 2.05) is 25.1 Å². The Morgan fingerprint density at radius 2 is 1.89 bits per heavy atom. The van der Waals surface area contributed by atoms with Gasteiger partial charge in [0.25, 0.3) is 0 Å². The molecule has 1 atom stereocenters. The van der Waals surface area contributed by atoms with Crippen LogP contribution in [0, 0.1) is 12.7 Å². The molecule has 0 aliphatic carbocycles. The lowest BCUT2D eigenvalue weighted by Crippen LogP contribution is -2.20.